The molecule has 1 aromatic carbocycles. The molecule has 1 saturated heterocycles. The maximum Gasteiger partial charge on any atom is 0.260 e. The Hall–Kier alpha value is -3.79. The zero-order chi connectivity index (χ0) is 25.5. The Morgan fingerprint density at radius 2 is 2.03 bits per heavy atom. The van der Waals surface area contributed by atoms with Crippen molar-refractivity contribution in [3.05, 3.63) is 52.8 Å². The van der Waals surface area contributed by atoms with Crippen LogP contribution in [-0.4, -0.2) is 63.3 Å². The summed E-state index contributed by atoms with van der Waals surface area (Å²) in [5.41, 5.74) is 3.12. The van der Waals surface area contributed by atoms with E-state index in [9.17, 15) is 9.59 Å². The summed E-state index contributed by atoms with van der Waals surface area (Å²) in [6.45, 7) is 4.39. The number of ether oxygens (including phenoxy) is 2. The highest BCUT2D eigenvalue weighted by Gasteiger charge is 2.31. The molecule has 0 spiro atoms. The maximum atomic E-state index is 13.4. The van der Waals surface area contributed by atoms with Gasteiger partial charge in [-0.25, -0.2) is 4.98 Å². The van der Waals surface area contributed by atoms with Gasteiger partial charge in [0.25, 0.3) is 5.91 Å². The van der Waals surface area contributed by atoms with Gasteiger partial charge in [0.05, 0.1) is 25.2 Å². The van der Waals surface area contributed by atoms with Gasteiger partial charge in [-0.05, 0) is 61.6 Å². The molecule has 0 radical (unpaired) electrons. The number of nitrogens with one attached hydrogen (secondary N) is 1. The molecular formula is C27H30N6O4. The summed E-state index contributed by atoms with van der Waals surface area (Å²) in [6, 6.07) is 9.53. The van der Waals surface area contributed by atoms with E-state index in [-0.39, 0.29) is 17.7 Å². The molecule has 10 heteroatoms. The number of amides is 2. The van der Waals surface area contributed by atoms with E-state index in [2.05, 4.69) is 32.0 Å². The van der Waals surface area contributed by atoms with Crippen molar-refractivity contribution in [3.8, 4) is 17.3 Å². The first-order chi connectivity index (χ1) is 18.0. The van der Waals surface area contributed by atoms with E-state index in [1.807, 2.05) is 29.2 Å². The Labute approximate surface area is 215 Å². The van der Waals surface area contributed by atoms with E-state index in [1.165, 1.54) is 0 Å². The summed E-state index contributed by atoms with van der Waals surface area (Å²) in [5.74, 6) is 2.32. The standard InChI is InChI=1S/C27H30N6O4/c1-16-6-7-24-30-31-25(33(16)24)21-4-3-5-23(28-21)29-26(34)20-12-19-14-32(27(35)18-9-11-37-15-18)10-8-17(19)13-22(20)36-2/h3-5,12-13,16,18H,6-11,14-15H2,1-2H3,(H,28,29,34)/t16-,18+/m0/s1. The van der Waals surface area contributed by atoms with Crippen LogP contribution in [0.4, 0.5) is 5.82 Å². The Bertz CT molecular complexity index is 1360. The summed E-state index contributed by atoms with van der Waals surface area (Å²) >= 11 is 0. The molecule has 2 atom stereocenters. The van der Waals surface area contributed by atoms with Crippen molar-refractivity contribution in [2.75, 3.05) is 32.2 Å². The normalized spacial score (nSPS) is 20.4. The monoisotopic (exact) mass is 502 g/mol. The largest absolute Gasteiger partial charge is 0.496 e. The van der Waals surface area contributed by atoms with E-state index >= 15 is 0 Å². The molecule has 37 heavy (non-hydrogen) atoms. The number of fused-ring (bicyclic) bond motifs is 2. The summed E-state index contributed by atoms with van der Waals surface area (Å²) in [6.07, 6.45) is 3.42. The van der Waals surface area contributed by atoms with E-state index in [1.54, 1.807) is 13.2 Å². The van der Waals surface area contributed by atoms with Crippen LogP contribution >= 0.6 is 0 Å². The Morgan fingerprint density at radius 1 is 1.14 bits per heavy atom. The molecule has 0 unspecified atom stereocenters. The average Bonchev–Trinajstić information content (AvgIpc) is 3.67. The molecule has 5 heterocycles. The van der Waals surface area contributed by atoms with Gasteiger partial charge < -0.3 is 24.3 Å². The molecule has 3 aliphatic rings. The lowest BCUT2D eigenvalue weighted by Crippen LogP contribution is -2.40. The molecule has 10 nitrogen and oxygen atoms in total. The van der Waals surface area contributed by atoms with Crippen LogP contribution in [0.3, 0.4) is 0 Å². The smallest absolute Gasteiger partial charge is 0.260 e. The number of benzene rings is 1. The number of nitrogens with zero attached hydrogens (tertiary/aromatic N) is 5. The zero-order valence-electron chi connectivity index (χ0n) is 21.1. The number of carbonyl (C=O) groups is 2. The van der Waals surface area contributed by atoms with E-state index < -0.39 is 0 Å². The molecular weight excluding hydrogens is 472 g/mol. The molecule has 0 bridgehead atoms. The Balaban J connectivity index is 1.23. The maximum absolute atomic E-state index is 13.4. The minimum atomic E-state index is -0.322. The minimum absolute atomic E-state index is 0.0737. The first-order valence-electron chi connectivity index (χ1n) is 12.8. The van der Waals surface area contributed by atoms with Crippen LogP contribution in [-0.2, 0) is 28.9 Å². The van der Waals surface area contributed by atoms with E-state index in [0.717, 1.165) is 42.6 Å². The summed E-state index contributed by atoms with van der Waals surface area (Å²) < 4.78 is 13.1. The third-order valence-corrected chi connectivity index (χ3v) is 7.58. The number of methoxy groups -OCH3 is 1. The van der Waals surface area contributed by atoms with Gasteiger partial charge in [-0.1, -0.05) is 6.07 Å². The van der Waals surface area contributed by atoms with Crippen LogP contribution in [0, 0.1) is 5.92 Å². The van der Waals surface area contributed by atoms with Gasteiger partial charge in [-0.15, -0.1) is 10.2 Å². The first-order valence-corrected chi connectivity index (χ1v) is 12.8. The van der Waals surface area contributed by atoms with Crippen molar-refractivity contribution in [2.45, 2.75) is 45.2 Å². The van der Waals surface area contributed by atoms with Crippen LogP contribution in [0.2, 0.25) is 0 Å². The Kier molecular flexibility index (Phi) is 6.11. The number of hydrogen-bond acceptors (Lipinski definition) is 7. The first kappa shape index (κ1) is 23.6. The molecule has 0 aliphatic carbocycles. The number of pyridine rings is 1. The number of carbonyl (C=O) groups excluding carboxylic acids is 2. The summed E-state index contributed by atoms with van der Waals surface area (Å²) in [7, 11) is 1.56. The van der Waals surface area contributed by atoms with E-state index in [4.69, 9.17) is 9.47 Å². The second kappa shape index (κ2) is 9.59. The van der Waals surface area contributed by atoms with Crippen LogP contribution in [0.15, 0.2) is 30.3 Å². The predicted octanol–water partition coefficient (Wildman–Crippen LogP) is 3.03. The molecule has 192 valence electrons. The fraction of sp³-hybridized carbons (Fsp3) is 0.444. The molecule has 2 aromatic heterocycles. The van der Waals surface area contributed by atoms with Crippen LogP contribution in [0.1, 0.15) is 53.1 Å². The molecule has 1 fully saturated rings. The highest BCUT2D eigenvalue weighted by Crippen LogP contribution is 2.32. The quantitative estimate of drug-likeness (QED) is 0.571. The SMILES string of the molecule is COc1cc2c(cc1C(=O)Nc1cccc(-c3nnc4n3[C@@H](C)CC4)n1)CN(C(=O)[C@@H]1CCOC1)CC2. The third-order valence-electron chi connectivity index (χ3n) is 7.58. The summed E-state index contributed by atoms with van der Waals surface area (Å²) in [4.78, 5) is 32.8. The highest BCUT2D eigenvalue weighted by atomic mass is 16.5. The zero-order valence-corrected chi connectivity index (χ0v) is 21.1. The summed E-state index contributed by atoms with van der Waals surface area (Å²) in [5, 5.41) is 11.6. The van der Waals surface area contributed by atoms with Gasteiger partial charge in [0.1, 0.15) is 23.1 Å². The lowest BCUT2D eigenvalue weighted by Gasteiger charge is -2.31. The molecule has 6 rings (SSSR count). The van der Waals surface area contributed by atoms with Crippen molar-refractivity contribution >= 4 is 17.6 Å². The average molecular weight is 503 g/mol. The topological polar surface area (TPSA) is 111 Å². The number of aryl methyl sites for hydroxylation is 1. The van der Waals surface area contributed by atoms with Crippen LogP contribution < -0.4 is 10.1 Å². The minimum Gasteiger partial charge on any atom is -0.496 e. The van der Waals surface area contributed by atoms with Crippen molar-refractivity contribution in [2.24, 2.45) is 5.92 Å². The van der Waals surface area contributed by atoms with Crippen molar-refractivity contribution in [1.29, 1.82) is 0 Å². The van der Waals surface area contributed by atoms with Crippen LogP contribution in [0.25, 0.3) is 11.5 Å². The molecule has 3 aliphatic heterocycles. The van der Waals surface area contributed by atoms with E-state index in [0.29, 0.717) is 61.0 Å². The fourth-order valence-corrected chi connectivity index (χ4v) is 5.52. The highest BCUT2D eigenvalue weighted by molar-refractivity contribution is 6.06. The molecule has 1 N–H and O–H groups in total. The third kappa shape index (κ3) is 4.35. The van der Waals surface area contributed by atoms with Gasteiger partial charge >= 0.3 is 0 Å². The van der Waals surface area contributed by atoms with Gasteiger partial charge in [-0.3, -0.25) is 9.59 Å². The number of anilines is 1. The van der Waals surface area contributed by atoms with Crippen molar-refractivity contribution < 1.29 is 19.1 Å². The Morgan fingerprint density at radius 3 is 2.84 bits per heavy atom. The molecule has 3 aromatic rings. The van der Waals surface area contributed by atoms with Gasteiger partial charge in [0, 0.05) is 32.2 Å². The second-order valence-electron chi connectivity index (χ2n) is 9.95. The number of aromatic nitrogens is 4. The van der Waals surface area contributed by atoms with Crippen molar-refractivity contribution in [1.82, 2.24) is 24.6 Å². The van der Waals surface area contributed by atoms with Gasteiger partial charge in [-0.2, -0.15) is 0 Å². The second-order valence-corrected chi connectivity index (χ2v) is 9.95. The van der Waals surface area contributed by atoms with Gasteiger partial charge in [0.2, 0.25) is 5.91 Å². The molecule has 2 amide bonds. The lowest BCUT2D eigenvalue weighted by atomic mass is 9.95. The van der Waals surface area contributed by atoms with Gasteiger partial charge in [0.15, 0.2) is 5.82 Å². The number of rotatable bonds is 5. The number of hydrogen-bond donors (Lipinski definition) is 1. The fourth-order valence-electron chi connectivity index (χ4n) is 5.52. The lowest BCUT2D eigenvalue weighted by molar-refractivity contribution is -0.136. The predicted molar refractivity (Wildman–Crippen MR) is 135 cm³/mol. The molecule has 0 saturated carbocycles. The van der Waals surface area contributed by atoms with Crippen molar-refractivity contribution in [3.63, 3.8) is 0 Å². The van der Waals surface area contributed by atoms with Crippen LogP contribution in [0.5, 0.6) is 5.75 Å².